The minimum atomic E-state index is -1.80. The van der Waals surface area contributed by atoms with Gasteiger partial charge in [0.2, 0.25) is 0 Å². The maximum absolute atomic E-state index is 10.0. The Morgan fingerprint density at radius 2 is 0.581 bits per heavy atom. The molecule has 0 aliphatic rings. The van der Waals surface area contributed by atoms with Crippen LogP contribution in [0.3, 0.4) is 0 Å². The Morgan fingerprint density at radius 1 is 0.378 bits per heavy atom. The number of hydrogen-bond donors (Lipinski definition) is 1. The van der Waals surface area contributed by atoms with E-state index >= 15 is 0 Å². The molecule has 0 atom stereocenters. The van der Waals surface area contributed by atoms with Crippen LogP contribution < -0.4 is 0 Å². The van der Waals surface area contributed by atoms with Gasteiger partial charge < -0.3 is 5.11 Å². The SMILES string of the molecule is CCC/C(C#Cc1ccc(C#C/C(CCC)=C(/C#Cc2ccc(C#CC(C)(C)O)s2)CCC)s1)=C(\C#Cc1ccc(C#C/C(CCC)=C(/C#Cc2ccc(C#C[Si](C(C)C)(C(C)C)C(C)C)s2)CCC)s1)CCC. The van der Waals surface area contributed by atoms with Crippen molar-refractivity contribution < 1.29 is 5.11 Å². The predicted octanol–water partition coefficient (Wildman–Crippen LogP) is 18.5. The standard InChI is InChI=1S/C68H78OS4Si/c1-15-21-54(27-33-60-39-41-62(70-60)35-29-56(23-17-3)58(25-19-5)31-37-64-43-45-66(72-64)47-49-68(13,14)69)55(22-16-2)28-34-61-40-42-63(71-61)36-30-57(24-18-4)59(26-20-6)32-38-65-44-46-67(73-65)48-50-74(51(7)8,52(9)10)53(11)12/h39-46,51-53,69H,15-26H2,1-14H3/b55-54+,58-56+,59-57+. The molecule has 0 radical (unpaired) electrons. The number of thiophene rings is 4. The molecule has 1 N–H and O–H groups in total. The molecule has 0 fully saturated rings. The van der Waals surface area contributed by atoms with E-state index in [9.17, 15) is 5.11 Å². The zero-order valence-electron chi connectivity index (χ0n) is 46.9. The van der Waals surface area contributed by atoms with Gasteiger partial charge in [0, 0.05) is 33.4 Å². The summed E-state index contributed by atoms with van der Waals surface area (Å²) in [5.74, 6) is 51.6. The van der Waals surface area contributed by atoms with E-state index < -0.39 is 13.7 Å². The highest BCUT2D eigenvalue weighted by atomic mass is 32.1. The van der Waals surface area contributed by atoms with Gasteiger partial charge in [0.15, 0.2) is 0 Å². The van der Waals surface area contributed by atoms with Crippen molar-refractivity contribution in [3.05, 3.63) is 121 Å². The van der Waals surface area contributed by atoms with Gasteiger partial charge in [-0.25, -0.2) is 0 Å². The van der Waals surface area contributed by atoms with Crippen molar-refractivity contribution in [1.82, 2.24) is 0 Å². The highest BCUT2D eigenvalue weighted by molar-refractivity contribution is 7.14. The van der Waals surface area contributed by atoms with Crippen molar-refractivity contribution in [1.29, 1.82) is 0 Å². The number of hydrogen-bond acceptors (Lipinski definition) is 5. The van der Waals surface area contributed by atoms with E-state index in [2.05, 4.69) is 214 Å². The molecule has 4 aromatic rings. The fraction of sp³-hybridized carbons (Fsp3) is 0.441. The van der Waals surface area contributed by atoms with E-state index in [1.54, 1.807) is 59.2 Å². The molecule has 4 aromatic heterocycles. The van der Waals surface area contributed by atoms with Gasteiger partial charge in [-0.2, -0.15) is 0 Å². The van der Waals surface area contributed by atoms with Crippen molar-refractivity contribution in [2.45, 2.75) is 196 Å². The Hall–Kier alpha value is -5.32. The molecule has 0 saturated carbocycles. The van der Waals surface area contributed by atoms with Gasteiger partial charge in [-0.05, 0) is 118 Å². The predicted molar refractivity (Wildman–Crippen MR) is 330 cm³/mol. The summed E-state index contributed by atoms with van der Waals surface area (Å²) in [4.78, 5) is 8.02. The first kappa shape index (κ1) is 61.2. The summed E-state index contributed by atoms with van der Waals surface area (Å²) in [7, 11) is -1.80. The van der Waals surface area contributed by atoms with Crippen LogP contribution in [-0.2, 0) is 0 Å². The molecular formula is C68H78OS4Si. The molecule has 0 bridgehead atoms. The number of rotatable bonds is 15. The Balaban J connectivity index is 1.58. The van der Waals surface area contributed by atoms with Crippen molar-refractivity contribution in [2.24, 2.45) is 0 Å². The lowest BCUT2D eigenvalue weighted by atomic mass is 10.00. The Morgan fingerprint density at radius 3 is 0.770 bits per heavy atom. The van der Waals surface area contributed by atoms with E-state index in [1.165, 1.54) is 0 Å². The second-order valence-corrected chi connectivity index (χ2v) is 29.9. The van der Waals surface area contributed by atoms with Crippen LogP contribution in [-0.4, -0.2) is 18.8 Å². The average molecular weight is 1070 g/mol. The fourth-order valence-corrected chi connectivity index (χ4v) is 16.9. The van der Waals surface area contributed by atoms with Crippen molar-refractivity contribution in [3.8, 4) is 94.4 Å². The first-order valence-corrected chi connectivity index (χ1v) is 32.4. The van der Waals surface area contributed by atoms with E-state index in [0.717, 1.165) is 150 Å². The third-order valence-electron chi connectivity index (χ3n) is 12.3. The summed E-state index contributed by atoms with van der Waals surface area (Å²) in [5, 5.41) is 10.0. The summed E-state index contributed by atoms with van der Waals surface area (Å²) in [6.45, 7) is 30.8. The molecule has 0 saturated heterocycles. The van der Waals surface area contributed by atoms with Gasteiger partial charge >= 0.3 is 0 Å². The van der Waals surface area contributed by atoms with Crippen molar-refractivity contribution in [3.63, 3.8) is 0 Å². The zero-order chi connectivity index (χ0) is 54.1. The van der Waals surface area contributed by atoms with E-state index in [4.69, 9.17) is 0 Å². The normalized spacial score (nSPS) is 12.0. The fourth-order valence-electron chi connectivity index (χ4n) is 8.76. The topological polar surface area (TPSA) is 20.2 Å². The summed E-state index contributed by atoms with van der Waals surface area (Å²) in [6, 6.07) is 16.6. The molecule has 0 amide bonds. The molecule has 0 aliphatic heterocycles. The molecule has 1 nitrogen and oxygen atoms in total. The third kappa shape index (κ3) is 19.7. The highest BCUT2D eigenvalue weighted by Gasteiger charge is 2.41. The lowest BCUT2D eigenvalue weighted by Gasteiger charge is -2.38. The number of aliphatic hydroxyl groups is 1. The zero-order valence-corrected chi connectivity index (χ0v) is 51.2. The Labute approximate surface area is 466 Å². The maximum Gasteiger partial charge on any atom is 0.146 e. The third-order valence-corrected chi connectivity index (χ3v) is 22.3. The summed E-state index contributed by atoms with van der Waals surface area (Å²) >= 11 is 6.55. The molecule has 74 heavy (non-hydrogen) atoms. The summed E-state index contributed by atoms with van der Waals surface area (Å²) in [5.41, 5.74) is 11.4. The van der Waals surface area contributed by atoms with Gasteiger partial charge in [0.25, 0.3) is 0 Å². The summed E-state index contributed by atoms with van der Waals surface area (Å²) < 4.78 is 0. The van der Waals surface area contributed by atoms with E-state index in [0.29, 0.717) is 16.6 Å². The van der Waals surface area contributed by atoms with E-state index in [1.807, 2.05) is 12.1 Å². The van der Waals surface area contributed by atoms with Gasteiger partial charge in [-0.15, -0.1) is 50.9 Å². The Bertz CT molecular complexity index is 3130. The van der Waals surface area contributed by atoms with Crippen LogP contribution in [0.4, 0.5) is 0 Å². The smallest absolute Gasteiger partial charge is 0.146 e. The van der Waals surface area contributed by atoms with Gasteiger partial charge in [0.05, 0.1) is 39.0 Å². The first-order valence-electron chi connectivity index (χ1n) is 26.9. The van der Waals surface area contributed by atoms with Crippen LogP contribution in [0.5, 0.6) is 0 Å². The molecular weight excluding hydrogens is 989 g/mol. The lowest BCUT2D eigenvalue weighted by molar-refractivity contribution is 0.143. The van der Waals surface area contributed by atoms with Crippen LogP contribution in [0.1, 0.15) is 213 Å². The molecule has 4 heterocycles. The van der Waals surface area contributed by atoms with Crippen molar-refractivity contribution in [2.75, 3.05) is 0 Å². The van der Waals surface area contributed by atoms with Gasteiger partial charge in [0.1, 0.15) is 13.7 Å². The second-order valence-electron chi connectivity index (χ2n) is 20.0. The van der Waals surface area contributed by atoms with Crippen LogP contribution in [0.15, 0.2) is 82.0 Å². The lowest BCUT2D eigenvalue weighted by Crippen LogP contribution is -2.43. The largest absolute Gasteiger partial charge is 0.378 e. The quantitative estimate of drug-likeness (QED) is 0.0929. The van der Waals surface area contributed by atoms with Crippen LogP contribution in [0, 0.1) is 94.4 Å². The number of allylic oxidation sites excluding steroid dienone is 6. The molecule has 0 unspecified atom stereocenters. The first-order chi connectivity index (χ1) is 35.5. The second kappa shape index (κ2) is 31.5. The molecule has 0 aliphatic carbocycles. The minimum Gasteiger partial charge on any atom is -0.378 e. The van der Waals surface area contributed by atoms with Crippen LogP contribution in [0.25, 0.3) is 0 Å². The molecule has 6 heteroatoms. The molecule has 4 rings (SSSR count). The molecule has 0 spiro atoms. The minimum absolute atomic E-state index is 0.608. The Kier molecular flexibility index (Phi) is 26.1. The van der Waals surface area contributed by atoms with E-state index in [-0.39, 0.29) is 0 Å². The van der Waals surface area contributed by atoms with Gasteiger partial charge in [-0.3, -0.25) is 0 Å². The maximum atomic E-state index is 10.0. The monoisotopic (exact) mass is 1070 g/mol. The molecule has 384 valence electrons. The van der Waals surface area contributed by atoms with Crippen LogP contribution >= 0.6 is 45.3 Å². The van der Waals surface area contributed by atoms with Crippen LogP contribution in [0.2, 0.25) is 16.6 Å². The van der Waals surface area contributed by atoms with Crippen molar-refractivity contribution >= 4 is 53.4 Å². The summed E-state index contributed by atoms with van der Waals surface area (Å²) in [6.07, 6.45) is 11.4. The highest BCUT2D eigenvalue weighted by Crippen LogP contribution is 2.41. The average Bonchev–Trinajstić information content (AvgIpc) is 4.20. The van der Waals surface area contributed by atoms with Gasteiger partial charge in [-0.1, -0.05) is 210 Å². The molecule has 0 aromatic carbocycles.